The Morgan fingerprint density at radius 2 is 2.24 bits per heavy atom. The number of nitrogens with zero attached hydrogens (tertiary/aromatic N) is 1. The Morgan fingerprint density at radius 1 is 1.53 bits per heavy atom. The van der Waals surface area contributed by atoms with Crippen LogP contribution in [0.1, 0.15) is 25.6 Å². The summed E-state index contributed by atoms with van der Waals surface area (Å²) in [5.74, 6) is 0.407. The minimum atomic E-state index is 0.0356. The highest BCUT2D eigenvalue weighted by atomic mass is 32.1. The van der Waals surface area contributed by atoms with Gasteiger partial charge in [0.25, 0.3) is 5.56 Å². The van der Waals surface area contributed by atoms with Crippen molar-refractivity contribution < 1.29 is 0 Å². The van der Waals surface area contributed by atoms with Crippen molar-refractivity contribution >= 4 is 33.8 Å². The first-order valence-corrected chi connectivity index (χ1v) is 7.01. The molecule has 0 saturated carbocycles. The van der Waals surface area contributed by atoms with E-state index in [0.29, 0.717) is 17.2 Å². The van der Waals surface area contributed by atoms with Gasteiger partial charge in [-0.15, -0.1) is 11.3 Å². The maximum absolute atomic E-state index is 12.3. The van der Waals surface area contributed by atoms with E-state index in [1.165, 1.54) is 4.88 Å². The second-order valence-corrected chi connectivity index (χ2v) is 6.07. The van der Waals surface area contributed by atoms with Crippen molar-refractivity contribution in [3.05, 3.63) is 26.1 Å². The lowest BCUT2D eigenvalue weighted by Gasteiger charge is -2.08. The Labute approximate surface area is 109 Å². The molecule has 0 saturated heterocycles. The molecule has 5 heteroatoms. The molecule has 0 amide bonds. The van der Waals surface area contributed by atoms with E-state index in [1.54, 1.807) is 15.9 Å². The van der Waals surface area contributed by atoms with Crippen LogP contribution in [0.15, 0.2) is 10.9 Å². The lowest BCUT2D eigenvalue weighted by Crippen LogP contribution is -2.23. The van der Waals surface area contributed by atoms with Gasteiger partial charge in [0.05, 0.1) is 5.39 Å². The third-order valence-corrected chi connectivity index (χ3v) is 4.14. The van der Waals surface area contributed by atoms with Crippen molar-refractivity contribution in [2.75, 3.05) is 0 Å². The van der Waals surface area contributed by atoms with Crippen molar-refractivity contribution in [2.24, 2.45) is 5.92 Å². The van der Waals surface area contributed by atoms with Crippen LogP contribution in [0.2, 0.25) is 0 Å². The maximum Gasteiger partial charge on any atom is 0.263 e. The lowest BCUT2D eigenvalue weighted by atomic mass is 10.2. The van der Waals surface area contributed by atoms with E-state index in [1.807, 2.05) is 6.07 Å². The topological polar surface area (TPSA) is 37.8 Å². The van der Waals surface area contributed by atoms with Crippen LogP contribution in [-0.4, -0.2) is 9.55 Å². The molecule has 0 spiro atoms. The third kappa shape index (κ3) is 2.35. The Balaban J connectivity index is 2.70. The largest absolute Gasteiger partial charge is 0.323 e. The summed E-state index contributed by atoms with van der Waals surface area (Å²) in [4.78, 5) is 17.6. The highest BCUT2D eigenvalue weighted by Crippen LogP contribution is 2.21. The number of hydrogen-bond acceptors (Lipinski definition) is 3. The average Bonchev–Trinajstić information content (AvgIpc) is 2.67. The molecule has 2 aromatic heterocycles. The van der Waals surface area contributed by atoms with Gasteiger partial charge in [0, 0.05) is 11.4 Å². The van der Waals surface area contributed by atoms with Crippen LogP contribution < -0.4 is 5.56 Å². The molecule has 2 rings (SSSR count). The molecule has 0 aromatic carbocycles. The number of aromatic nitrogens is 2. The summed E-state index contributed by atoms with van der Waals surface area (Å²) in [5.41, 5.74) is 0.0356. The van der Waals surface area contributed by atoms with Gasteiger partial charge in [-0.1, -0.05) is 20.8 Å². The van der Waals surface area contributed by atoms with Crippen LogP contribution in [-0.2, 0) is 13.0 Å². The normalized spacial score (nSPS) is 11.5. The molecule has 3 nitrogen and oxygen atoms in total. The number of fused-ring (bicyclic) bond motifs is 1. The minimum Gasteiger partial charge on any atom is -0.323 e. The zero-order chi connectivity index (χ0) is 12.6. The second kappa shape index (κ2) is 4.74. The van der Waals surface area contributed by atoms with Crippen LogP contribution in [0.25, 0.3) is 10.2 Å². The highest BCUT2D eigenvalue weighted by molar-refractivity contribution is 7.71. The maximum atomic E-state index is 12.3. The van der Waals surface area contributed by atoms with Crippen LogP contribution in [0.3, 0.4) is 0 Å². The molecule has 2 aromatic rings. The Bertz CT molecular complexity index is 649. The molecular formula is C12H16N2OS2. The monoisotopic (exact) mass is 268 g/mol. The fourth-order valence-corrected chi connectivity index (χ4v) is 3.11. The second-order valence-electron chi connectivity index (χ2n) is 4.55. The molecule has 0 aliphatic rings. The molecule has 0 radical (unpaired) electrons. The summed E-state index contributed by atoms with van der Waals surface area (Å²) >= 11 is 6.86. The van der Waals surface area contributed by atoms with Crippen molar-refractivity contribution in [1.82, 2.24) is 9.55 Å². The first kappa shape index (κ1) is 12.5. The molecule has 0 fully saturated rings. The molecule has 0 unspecified atom stereocenters. The zero-order valence-electron chi connectivity index (χ0n) is 10.2. The summed E-state index contributed by atoms with van der Waals surface area (Å²) in [7, 11) is 0. The number of aryl methyl sites for hydroxylation is 1. The molecule has 0 atom stereocenters. The Hall–Kier alpha value is -0.940. The van der Waals surface area contributed by atoms with Gasteiger partial charge in [-0.2, -0.15) is 0 Å². The van der Waals surface area contributed by atoms with Gasteiger partial charge in [-0.05, 0) is 30.6 Å². The van der Waals surface area contributed by atoms with Gasteiger partial charge in [0.15, 0.2) is 4.77 Å². The number of thiophene rings is 1. The van der Waals surface area contributed by atoms with E-state index in [0.717, 1.165) is 16.6 Å². The molecule has 92 valence electrons. The SMILES string of the molecule is CCc1cc2c(=O)n(CC(C)C)c(=S)[nH]c2s1. The van der Waals surface area contributed by atoms with E-state index in [9.17, 15) is 4.79 Å². The predicted octanol–water partition coefficient (Wildman–Crippen LogP) is 3.34. The third-order valence-electron chi connectivity index (χ3n) is 2.62. The van der Waals surface area contributed by atoms with Crippen molar-refractivity contribution in [1.29, 1.82) is 0 Å². The van der Waals surface area contributed by atoms with Crippen LogP contribution in [0, 0.1) is 10.7 Å². The fourth-order valence-electron chi connectivity index (χ4n) is 1.80. The van der Waals surface area contributed by atoms with Crippen molar-refractivity contribution in [2.45, 2.75) is 33.7 Å². The summed E-state index contributed by atoms with van der Waals surface area (Å²) in [6.07, 6.45) is 0.948. The van der Waals surface area contributed by atoms with E-state index in [-0.39, 0.29) is 5.56 Å². The first-order valence-electron chi connectivity index (χ1n) is 5.78. The van der Waals surface area contributed by atoms with Gasteiger partial charge in [-0.3, -0.25) is 9.36 Å². The summed E-state index contributed by atoms with van der Waals surface area (Å²) in [6.45, 7) is 6.92. The fraction of sp³-hybridized carbons (Fsp3) is 0.500. The molecule has 0 bridgehead atoms. The lowest BCUT2D eigenvalue weighted by molar-refractivity contribution is 0.504. The Morgan fingerprint density at radius 3 is 2.82 bits per heavy atom. The van der Waals surface area contributed by atoms with Gasteiger partial charge in [0.1, 0.15) is 4.83 Å². The quantitative estimate of drug-likeness (QED) is 0.867. The number of rotatable bonds is 3. The van der Waals surface area contributed by atoms with E-state index in [4.69, 9.17) is 12.2 Å². The smallest absolute Gasteiger partial charge is 0.263 e. The number of H-pyrrole nitrogens is 1. The van der Waals surface area contributed by atoms with Gasteiger partial charge in [-0.25, -0.2) is 0 Å². The van der Waals surface area contributed by atoms with Gasteiger partial charge in [0.2, 0.25) is 0 Å². The Kier molecular flexibility index (Phi) is 3.49. The predicted molar refractivity (Wildman–Crippen MR) is 75.5 cm³/mol. The molecule has 1 N–H and O–H groups in total. The summed E-state index contributed by atoms with van der Waals surface area (Å²) < 4.78 is 2.19. The molecular weight excluding hydrogens is 252 g/mol. The van der Waals surface area contributed by atoms with Gasteiger partial charge >= 0.3 is 0 Å². The standard InChI is InChI=1S/C12H16N2OS2/c1-4-8-5-9-10(17-8)13-12(16)14(11(9)15)6-7(2)3/h5,7H,4,6H2,1-3H3,(H,13,16). The molecule has 0 aliphatic heterocycles. The number of aromatic amines is 1. The van der Waals surface area contributed by atoms with Crippen LogP contribution >= 0.6 is 23.6 Å². The minimum absolute atomic E-state index is 0.0356. The molecule has 17 heavy (non-hydrogen) atoms. The number of hydrogen-bond donors (Lipinski definition) is 1. The molecule has 0 aliphatic carbocycles. The van der Waals surface area contributed by atoms with Gasteiger partial charge < -0.3 is 4.98 Å². The van der Waals surface area contributed by atoms with Crippen LogP contribution in [0.5, 0.6) is 0 Å². The summed E-state index contributed by atoms with van der Waals surface area (Å²) in [6, 6.07) is 1.98. The first-order chi connectivity index (χ1) is 8.02. The average molecular weight is 268 g/mol. The number of nitrogens with one attached hydrogen (secondary N) is 1. The van der Waals surface area contributed by atoms with E-state index < -0.39 is 0 Å². The van der Waals surface area contributed by atoms with Crippen molar-refractivity contribution in [3.8, 4) is 0 Å². The highest BCUT2D eigenvalue weighted by Gasteiger charge is 2.09. The van der Waals surface area contributed by atoms with E-state index >= 15 is 0 Å². The zero-order valence-corrected chi connectivity index (χ0v) is 11.9. The molecule has 2 heterocycles. The van der Waals surface area contributed by atoms with E-state index in [2.05, 4.69) is 25.8 Å². The summed E-state index contributed by atoms with van der Waals surface area (Å²) in [5, 5.41) is 0.765. The van der Waals surface area contributed by atoms with Crippen molar-refractivity contribution in [3.63, 3.8) is 0 Å². The van der Waals surface area contributed by atoms with Crippen LogP contribution in [0.4, 0.5) is 0 Å².